The molecule has 124 valence electrons. The second-order valence-electron chi connectivity index (χ2n) is 6.50. The van der Waals surface area contributed by atoms with Crippen LogP contribution < -0.4 is 5.32 Å². The number of nitrogens with one attached hydrogen (secondary N) is 1. The Morgan fingerprint density at radius 1 is 1.39 bits per heavy atom. The van der Waals surface area contributed by atoms with Crippen LogP contribution in [-0.2, 0) is 23.0 Å². The molecule has 1 fully saturated rings. The number of aryl methyl sites for hydroxylation is 2. The average Bonchev–Trinajstić information content (AvgIpc) is 2.84. The fourth-order valence-electron chi connectivity index (χ4n) is 3.37. The van der Waals surface area contributed by atoms with E-state index in [0.717, 1.165) is 49.0 Å². The molecule has 5 heteroatoms. The molecule has 23 heavy (non-hydrogen) atoms. The van der Waals surface area contributed by atoms with Crippen molar-refractivity contribution in [2.24, 2.45) is 12.5 Å². The number of hydrogen-bond donors (Lipinski definition) is 1. The molecule has 1 saturated carbocycles. The molecule has 0 spiro atoms. The smallest absolute Gasteiger partial charge is 0.228 e. The van der Waals surface area contributed by atoms with Gasteiger partial charge in [-0.05, 0) is 31.4 Å². The van der Waals surface area contributed by atoms with Crippen LogP contribution in [-0.4, -0.2) is 35.7 Å². The van der Waals surface area contributed by atoms with Gasteiger partial charge in [0.25, 0.3) is 0 Å². The first-order valence-electron chi connectivity index (χ1n) is 8.34. The zero-order chi connectivity index (χ0) is 16.3. The second kappa shape index (κ2) is 6.71. The molecule has 0 aliphatic heterocycles. The van der Waals surface area contributed by atoms with Crippen molar-refractivity contribution in [1.82, 2.24) is 14.9 Å². The predicted octanol–water partition coefficient (Wildman–Crippen LogP) is 2.44. The minimum absolute atomic E-state index is 0.149. The number of imidazole rings is 1. The number of ether oxygens (including phenoxy) is 1. The molecular weight excluding hydrogens is 290 g/mol. The molecule has 0 bridgehead atoms. The highest BCUT2D eigenvalue weighted by Gasteiger charge is 2.43. The Kier molecular flexibility index (Phi) is 4.66. The summed E-state index contributed by atoms with van der Waals surface area (Å²) >= 11 is 0. The molecule has 5 nitrogen and oxygen atoms in total. The summed E-state index contributed by atoms with van der Waals surface area (Å²) in [5.74, 6) is 1.21. The topological polar surface area (TPSA) is 56.1 Å². The minimum Gasteiger partial charge on any atom is -0.384 e. The maximum absolute atomic E-state index is 12.3. The number of benzene rings is 1. The number of methoxy groups -OCH3 is 1. The molecular formula is C18H25N3O2. The van der Waals surface area contributed by atoms with Crippen molar-refractivity contribution in [3.05, 3.63) is 30.1 Å². The molecule has 1 aromatic heterocycles. The van der Waals surface area contributed by atoms with E-state index < -0.39 is 0 Å². The summed E-state index contributed by atoms with van der Waals surface area (Å²) in [6, 6.07) is 8.15. The van der Waals surface area contributed by atoms with E-state index in [1.54, 1.807) is 7.11 Å². The quantitative estimate of drug-likeness (QED) is 0.799. The van der Waals surface area contributed by atoms with Crippen molar-refractivity contribution in [2.75, 3.05) is 20.3 Å². The van der Waals surface area contributed by atoms with Crippen molar-refractivity contribution in [3.63, 3.8) is 0 Å². The molecule has 1 N–H and O–H groups in total. The van der Waals surface area contributed by atoms with Gasteiger partial charge in [-0.15, -0.1) is 0 Å². The highest BCUT2D eigenvalue weighted by Crippen LogP contribution is 2.41. The lowest BCUT2D eigenvalue weighted by Gasteiger charge is -2.39. The third-order valence-corrected chi connectivity index (χ3v) is 4.96. The molecule has 2 aromatic rings. The van der Waals surface area contributed by atoms with Gasteiger partial charge in [0.2, 0.25) is 5.91 Å². The normalized spacial score (nSPS) is 16.3. The third kappa shape index (κ3) is 3.11. The van der Waals surface area contributed by atoms with Crippen LogP contribution in [0.3, 0.4) is 0 Å². The number of aromatic nitrogens is 2. The summed E-state index contributed by atoms with van der Waals surface area (Å²) in [6.45, 7) is 1.22. The molecule has 0 radical (unpaired) electrons. The number of amides is 1. The van der Waals surface area contributed by atoms with Crippen LogP contribution in [0, 0.1) is 5.41 Å². The van der Waals surface area contributed by atoms with E-state index in [9.17, 15) is 4.79 Å². The Bertz CT molecular complexity index is 689. The Hall–Kier alpha value is -1.88. The van der Waals surface area contributed by atoms with Crippen LogP contribution in [0.5, 0.6) is 0 Å². The first kappa shape index (κ1) is 16.0. The van der Waals surface area contributed by atoms with E-state index in [4.69, 9.17) is 4.74 Å². The van der Waals surface area contributed by atoms with Gasteiger partial charge in [0, 0.05) is 27.1 Å². The Balaban J connectivity index is 1.51. The average molecular weight is 315 g/mol. The zero-order valence-electron chi connectivity index (χ0n) is 14.0. The lowest BCUT2D eigenvalue weighted by Crippen LogP contribution is -2.48. The number of nitrogens with zero attached hydrogens (tertiary/aromatic N) is 2. The molecule has 3 rings (SSSR count). The summed E-state index contributed by atoms with van der Waals surface area (Å²) in [6.07, 6.45) is 4.76. The second-order valence-corrected chi connectivity index (χ2v) is 6.50. The van der Waals surface area contributed by atoms with Crippen molar-refractivity contribution in [1.29, 1.82) is 0 Å². The summed E-state index contributed by atoms with van der Waals surface area (Å²) in [5, 5.41) is 3.08. The molecule has 0 atom stereocenters. The summed E-state index contributed by atoms with van der Waals surface area (Å²) in [5.41, 5.74) is 1.91. The van der Waals surface area contributed by atoms with Gasteiger partial charge >= 0.3 is 0 Å². The van der Waals surface area contributed by atoms with Gasteiger partial charge in [0.1, 0.15) is 5.82 Å². The molecule has 1 heterocycles. The van der Waals surface area contributed by atoms with Crippen molar-refractivity contribution < 1.29 is 9.53 Å². The van der Waals surface area contributed by atoms with Gasteiger partial charge in [0.15, 0.2) is 0 Å². The van der Waals surface area contributed by atoms with Crippen LogP contribution in [0.15, 0.2) is 24.3 Å². The molecule has 1 aliphatic carbocycles. The Morgan fingerprint density at radius 2 is 2.17 bits per heavy atom. The monoisotopic (exact) mass is 315 g/mol. The standard InChI is InChI=1S/C18H25N3O2/c1-21-15-8-4-3-7-14(15)20-16(21)9-5-12-19-17(22)18(13-23-2)10-6-11-18/h3-4,7-8H,5-6,9-13H2,1-2H3,(H,19,22). The molecule has 1 amide bonds. The third-order valence-electron chi connectivity index (χ3n) is 4.96. The number of carbonyl (C=O) groups excluding carboxylic acids is 1. The van der Waals surface area contributed by atoms with Crippen molar-refractivity contribution in [3.8, 4) is 0 Å². The van der Waals surface area contributed by atoms with Crippen LogP contribution in [0.25, 0.3) is 11.0 Å². The first-order valence-corrected chi connectivity index (χ1v) is 8.34. The fourth-order valence-corrected chi connectivity index (χ4v) is 3.37. The van der Waals surface area contributed by atoms with E-state index in [2.05, 4.69) is 20.9 Å². The first-order chi connectivity index (χ1) is 11.2. The molecule has 0 unspecified atom stereocenters. The molecule has 1 aliphatic rings. The number of carbonyl (C=O) groups is 1. The zero-order valence-corrected chi connectivity index (χ0v) is 14.0. The Labute approximate surface area is 137 Å². The highest BCUT2D eigenvalue weighted by atomic mass is 16.5. The van der Waals surface area contributed by atoms with Gasteiger partial charge < -0.3 is 14.6 Å². The number of para-hydroxylation sites is 2. The summed E-state index contributed by atoms with van der Waals surface area (Å²) in [4.78, 5) is 17.0. The van der Waals surface area contributed by atoms with E-state index in [-0.39, 0.29) is 11.3 Å². The number of rotatable bonds is 7. The van der Waals surface area contributed by atoms with E-state index >= 15 is 0 Å². The van der Waals surface area contributed by atoms with Gasteiger partial charge in [-0.1, -0.05) is 18.6 Å². The minimum atomic E-state index is -0.271. The van der Waals surface area contributed by atoms with E-state index in [1.165, 1.54) is 0 Å². The van der Waals surface area contributed by atoms with Gasteiger partial charge in [-0.3, -0.25) is 4.79 Å². The van der Waals surface area contributed by atoms with Gasteiger partial charge in [0.05, 0.1) is 23.1 Å². The van der Waals surface area contributed by atoms with Crippen LogP contribution in [0.2, 0.25) is 0 Å². The lowest BCUT2D eigenvalue weighted by molar-refractivity contribution is -0.140. The fraction of sp³-hybridized carbons (Fsp3) is 0.556. The van der Waals surface area contributed by atoms with Gasteiger partial charge in [-0.2, -0.15) is 0 Å². The van der Waals surface area contributed by atoms with Gasteiger partial charge in [-0.25, -0.2) is 4.98 Å². The maximum atomic E-state index is 12.3. The molecule has 0 saturated heterocycles. The highest BCUT2D eigenvalue weighted by molar-refractivity contribution is 5.83. The van der Waals surface area contributed by atoms with Crippen LogP contribution in [0.1, 0.15) is 31.5 Å². The maximum Gasteiger partial charge on any atom is 0.228 e. The van der Waals surface area contributed by atoms with E-state index in [0.29, 0.717) is 13.2 Å². The van der Waals surface area contributed by atoms with Crippen molar-refractivity contribution >= 4 is 16.9 Å². The molecule has 1 aromatic carbocycles. The SMILES string of the molecule is COCC1(C(=O)NCCCc2nc3ccccc3n2C)CCC1. The lowest BCUT2D eigenvalue weighted by atomic mass is 9.68. The summed E-state index contributed by atoms with van der Waals surface area (Å²) in [7, 11) is 3.71. The Morgan fingerprint density at radius 3 is 2.83 bits per heavy atom. The van der Waals surface area contributed by atoms with E-state index in [1.807, 2.05) is 25.2 Å². The number of fused-ring (bicyclic) bond motifs is 1. The summed E-state index contributed by atoms with van der Waals surface area (Å²) < 4.78 is 7.36. The largest absolute Gasteiger partial charge is 0.384 e. The van der Waals surface area contributed by atoms with Crippen molar-refractivity contribution in [2.45, 2.75) is 32.1 Å². The van der Waals surface area contributed by atoms with Crippen LogP contribution in [0.4, 0.5) is 0 Å². The predicted molar refractivity (Wildman–Crippen MR) is 90.2 cm³/mol. The van der Waals surface area contributed by atoms with Crippen LogP contribution >= 0.6 is 0 Å². The number of hydrogen-bond acceptors (Lipinski definition) is 3.